The fraction of sp³-hybridized carbons (Fsp3) is 0.0667. The van der Waals surface area contributed by atoms with E-state index in [1.807, 2.05) is 6.07 Å². The quantitative estimate of drug-likeness (QED) is 0.759. The molecule has 0 saturated heterocycles. The summed E-state index contributed by atoms with van der Waals surface area (Å²) >= 11 is 7.16. The maximum Gasteiger partial charge on any atom is 0.276 e. The van der Waals surface area contributed by atoms with Gasteiger partial charge in [0.15, 0.2) is 5.13 Å². The number of benzene rings is 1. The van der Waals surface area contributed by atoms with Gasteiger partial charge in [0.05, 0.1) is 10.2 Å². The van der Waals surface area contributed by atoms with Crippen molar-refractivity contribution in [3.05, 3.63) is 47.2 Å². The molecule has 0 spiro atoms. The Bertz CT molecular complexity index is 909. The third-order valence-electron chi connectivity index (χ3n) is 2.88. The average molecular weight is 347 g/mol. The second kappa shape index (κ2) is 6.31. The monoisotopic (exact) mass is 346 g/mol. The smallest absolute Gasteiger partial charge is 0.276 e. The van der Waals surface area contributed by atoms with E-state index in [2.05, 4.69) is 20.6 Å². The van der Waals surface area contributed by atoms with Crippen LogP contribution in [0, 0.1) is 0 Å². The Labute approximate surface area is 140 Å². The minimum atomic E-state index is -0.381. The summed E-state index contributed by atoms with van der Waals surface area (Å²) in [5.74, 6) is -0.525. The van der Waals surface area contributed by atoms with Gasteiger partial charge in [0.25, 0.3) is 5.91 Å². The van der Waals surface area contributed by atoms with Crippen LogP contribution in [0.15, 0.2) is 36.5 Å². The third-order valence-corrected chi connectivity index (χ3v) is 4.05. The van der Waals surface area contributed by atoms with E-state index in [-0.39, 0.29) is 17.5 Å². The van der Waals surface area contributed by atoms with E-state index < -0.39 is 0 Å². The van der Waals surface area contributed by atoms with E-state index in [0.717, 1.165) is 10.2 Å². The summed E-state index contributed by atoms with van der Waals surface area (Å²) in [6.07, 6.45) is 1.47. The number of halogens is 1. The molecule has 0 aliphatic rings. The molecule has 0 aliphatic carbocycles. The molecule has 3 aromatic rings. The summed E-state index contributed by atoms with van der Waals surface area (Å²) in [6, 6.07) is 8.43. The molecule has 0 bridgehead atoms. The highest BCUT2D eigenvalue weighted by molar-refractivity contribution is 7.22. The summed E-state index contributed by atoms with van der Waals surface area (Å²) < 4.78 is 0.852. The molecule has 3 rings (SSSR count). The van der Waals surface area contributed by atoms with Crippen LogP contribution in [0.5, 0.6) is 0 Å². The zero-order chi connectivity index (χ0) is 16.4. The number of amides is 2. The SMILES string of the molecule is CC(=O)Nc1ccc2nc(NC(=O)c3cc(Cl)ccn3)sc2c1. The van der Waals surface area contributed by atoms with Gasteiger partial charge in [-0.15, -0.1) is 0 Å². The molecule has 0 aliphatic heterocycles. The maximum absolute atomic E-state index is 12.1. The van der Waals surface area contributed by atoms with Crippen LogP contribution in [-0.4, -0.2) is 21.8 Å². The molecule has 0 fully saturated rings. The summed E-state index contributed by atoms with van der Waals surface area (Å²) in [5, 5.41) is 6.29. The van der Waals surface area contributed by atoms with Gasteiger partial charge in [-0.2, -0.15) is 0 Å². The number of rotatable bonds is 3. The van der Waals surface area contributed by atoms with Crippen LogP contribution in [-0.2, 0) is 4.79 Å². The molecule has 8 heteroatoms. The molecule has 2 N–H and O–H groups in total. The highest BCUT2D eigenvalue weighted by Gasteiger charge is 2.12. The van der Waals surface area contributed by atoms with Gasteiger partial charge in [0, 0.05) is 23.8 Å². The van der Waals surface area contributed by atoms with Gasteiger partial charge in [-0.05, 0) is 30.3 Å². The van der Waals surface area contributed by atoms with Crippen LogP contribution in [0.3, 0.4) is 0 Å². The minimum absolute atomic E-state index is 0.144. The summed E-state index contributed by atoms with van der Waals surface area (Å²) in [7, 11) is 0. The fourth-order valence-corrected chi connectivity index (χ4v) is 3.01. The van der Waals surface area contributed by atoms with Gasteiger partial charge >= 0.3 is 0 Å². The standard InChI is InChI=1S/C15H11ClN4O2S/c1-8(21)18-10-2-3-11-13(7-10)23-15(19-11)20-14(22)12-6-9(16)4-5-17-12/h2-7H,1H3,(H,18,21)(H,19,20,22). The Balaban J connectivity index is 1.83. The number of carbonyl (C=O) groups excluding carboxylic acids is 2. The van der Waals surface area contributed by atoms with Crippen molar-refractivity contribution < 1.29 is 9.59 Å². The lowest BCUT2D eigenvalue weighted by molar-refractivity contribution is -0.114. The second-order valence-corrected chi connectivity index (χ2v) is 6.16. The van der Waals surface area contributed by atoms with Gasteiger partial charge in [0.2, 0.25) is 5.91 Å². The van der Waals surface area contributed by atoms with Crippen molar-refractivity contribution in [2.24, 2.45) is 0 Å². The number of fused-ring (bicyclic) bond motifs is 1. The van der Waals surface area contributed by atoms with Gasteiger partial charge < -0.3 is 5.32 Å². The molecule has 2 heterocycles. The number of carbonyl (C=O) groups is 2. The maximum atomic E-state index is 12.1. The minimum Gasteiger partial charge on any atom is -0.326 e. The molecule has 0 unspecified atom stereocenters. The van der Waals surface area contributed by atoms with E-state index in [9.17, 15) is 9.59 Å². The lowest BCUT2D eigenvalue weighted by Gasteiger charge is -2.00. The van der Waals surface area contributed by atoms with Crippen molar-refractivity contribution in [3.63, 3.8) is 0 Å². The van der Waals surface area contributed by atoms with Gasteiger partial charge in [-0.25, -0.2) is 4.98 Å². The Morgan fingerprint density at radius 3 is 2.74 bits per heavy atom. The van der Waals surface area contributed by atoms with Crippen LogP contribution in [0.25, 0.3) is 10.2 Å². The molecule has 0 radical (unpaired) electrons. The highest BCUT2D eigenvalue weighted by atomic mass is 35.5. The number of anilines is 2. The van der Waals surface area contributed by atoms with Crippen molar-refractivity contribution in [1.29, 1.82) is 0 Å². The van der Waals surface area contributed by atoms with Crippen molar-refractivity contribution in [1.82, 2.24) is 9.97 Å². The van der Waals surface area contributed by atoms with Crippen LogP contribution in [0.2, 0.25) is 5.02 Å². The molecule has 23 heavy (non-hydrogen) atoms. The van der Waals surface area contributed by atoms with E-state index in [1.165, 1.54) is 30.5 Å². The second-order valence-electron chi connectivity index (χ2n) is 4.70. The number of hydrogen-bond donors (Lipinski definition) is 2. The number of nitrogens with one attached hydrogen (secondary N) is 2. The summed E-state index contributed by atoms with van der Waals surface area (Å²) in [4.78, 5) is 31.5. The number of pyridine rings is 1. The van der Waals surface area contributed by atoms with E-state index in [0.29, 0.717) is 15.8 Å². The van der Waals surface area contributed by atoms with E-state index >= 15 is 0 Å². The molecule has 116 valence electrons. The molecule has 2 amide bonds. The molecule has 6 nitrogen and oxygen atoms in total. The topological polar surface area (TPSA) is 84.0 Å². The van der Waals surface area contributed by atoms with Gasteiger partial charge in [-0.1, -0.05) is 22.9 Å². The highest BCUT2D eigenvalue weighted by Crippen LogP contribution is 2.28. The Kier molecular flexibility index (Phi) is 4.22. The first-order chi connectivity index (χ1) is 11.0. The molecule has 0 saturated carbocycles. The first kappa shape index (κ1) is 15.4. The molecule has 0 atom stereocenters. The Hall–Kier alpha value is -2.51. The third kappa shape index (κ3) is 3.64. The van der Waals surface area contributed by atoms with Crippen LogP contribution >= 0.6 is 22.9 Å². The van der Waals surface area contributed by atoms with E-state index in [1.54, 1.807) is 18.2 Å². The lowest BCUT2D eigenvalue weighted by atomic mass is 10.3. The first-order valence-electron chi connectivity index (χ1n) is 6.62. The molecular weight excluding hydrogens is 336 g/mol. The number of aromatic nitrogens is 2. The largest absolute Gasteiger partial charge is 0.326 e. The van der Waals surface area contributed by atoms with Crippen LogP contribution in [0.1, 0.15) is 17.4 Å². The van der Waals surface area contributed by atoms with Crippen molar-refractivity contribution in [2.75, 3.05) is 10.6 Å². The van der Waals surface area contributed by atoms with Crippen molar-refractivity contribution in [2.45, 2.75) is 6.92 Å². The van der Waals surface area contributed by atoms with Crippen molar-refractivity contribution in [3.8, 4) is 0 Å². The predicted molar refractivity (Wildman–Crippen MR) is 91.1 cm³/mol. The lowest BCUT2D eigenvalue weighted by Crippen LogP contribution is -2.13. The number of hydrogen-bond acceptors (Lipinski definition) is 5. The van der Waals surface area contributed by atoms with Crippen LogP contribution < -0.4 is 10.6 Å². The van der Waals surface area contributed by atoms with Crippen molar-refractivity contribution >= 4 is 55.8 Å². The van der Waals surface area contributed by atoms with Gasteiger partial charge in [-0.3, -0.25) is 19.9 Å². The zero-order valence-electron chi connectivity index (χ0n) is 12.0. The normalized spacial score (nSPS) is 10.5. The Morgan fingerprint density at radius 2 is 2.00 bits per heavy atom. The molecular formula is C15H11ClN4O2S. The predicted octanol–water partition coefficient (Wildman–Crippen LogP) is 3.56. The summed E-state index contributed by atoms with van der Waals surface area (Å²) in [6.45, 7) is 1.44. The van der Waals surface area contributed by atoms with Crippen LogP contribution in [0.4, 0.5) is 10.8 Å². The van der Waals surface area contributed by atoms with Gasteiger partial charge in [0.1, 0.15) is 5.69 Å². The first-order valence-corrected chi connectivity index (χ1v) is 7.82. The number of nitrogens with zero attached hydrogens (tertiary/aromatic N) is 2. The molecule has 1 aromatic carbocycles. The zero-order valence-corrected chi connectivity index (χ0v) is 13.5. The molecule has 2 aromatic heterocycles. The Morgan fingerprint density at radius 1 is 1.17 bits per heavy atom. The van der Waals surface area contributed by atoms with E-state index in [4.69, 9.17) is 11.6 Å². The fourth-order valence-electron chi connectivity index (χ4n) is 1.95. The average Bonchev–Trinajstić information content (AvgIpc) is 2.88. The summed E-state index contributed by atoms with van der Waals surface area (Å²) in [5.41, 5.74) is 1.64. The number of thiazole rings is 1.